The Kier molecular flexibility index (Phi) is 4.92. The topological polar surface area (TPSA) is 37.3 Å². The van der Waals surface area contributed by atoms with Gasteiger partial charge in [-0.3, -0.25) is 4.79 Å². The van der Waals surface area contributed by atoms with Crippen molar-refractivity contribution < 1.29 is 9.90 Å². The average molecular weight is 194 g/mol. The van der Waals surface area contributed by atoms with Crippen LogP contribution in [0.5, 0.6) is 5.75 Å². The molecule has 0 aliphatic rings. The highest BCUT2D eigenvalue weighted by atomic mass is 16.3. The van der Waals surface area contributed by atoms with E-state index < -0.39 is 0 Å². The van der Waals surface area contributed by atoms with Gasteiger partial charge in [-0.05, 0) is 44.0 Å². The number of carbonyl (C=O) groups is 1. The molecule has 0 aromatic heterocycles. The maximum absolute atomic E-state index is 11.0. The molecule has 1 aromatic rings. The number of rotatable bonds is 1. The molecule has 0 fully saturated rings. The van der Waals surface area contributed by atoms with E-state index in [1.807, 2.05) is 13.8 Å². The molecule has 0 radical (unpaired) electrons. The second-order valence-corrected chi connectivity index (χ2v) is 3.01. The van der Waals surface area contributed by atoms with Crippen LogP contribution >= 0.6 is 0 Å². The number of phenolic OH excluding ortho intramolecular Hbond substituents is 1. The Morgan fingerprint density at radius 2 is 1.50 bits per heavy atom. The zero-order valence-electron chi connectivity index (χ0n) is 9.51. The monoisotopic (exact) mass is 194 g/mol. The van der Waals surface area contributed by atoms with Crippen LogP contribution in [0.4, 0.5) is 0 Å². The fourth-order valence-electron chi connectivity index (χ4n) is 1.16. The molecule has 0 amide bonds. The van der Waals surface area contributed by atoms with Crippen LogP contribution < -0.4 is 0 Å². The lowest BCUT2D eigenvalue weighted by Gasteiger charge is -2.04. The summed E-state index contributed by atoms with van der Waals surface area (Å²) in [5.41, 5.74) is 2.16. The first-order chi connectivity index (χ1) is 6.52. The van der Waals surface area contributed by atoms with Gasteiger partial charge in [-0.1, -0.05) is 13.8 Å². The first kappa shape index (κ1) is 12.7. The zero-order valence-corrected chi connectivity index (χ0v) is 9.51. The van der Waals surface area contributed by atoms with Gasteiger partial charge in [0.25, 0.3) is 0 Å². The summed E-state index contributed by atoms with van der Waals surface area (Å²) in [4.78, 5) is 11.0. The van der Waals surface area contributed by atoms with E-state index in [9.17, 15) is 9.90 Å². The van der Waals surface area contributed by atoms with Gasteiger partial charge in [0.05, 0.1) is 0 Å². The number of ketones is 1. The summed E-state index contributed by atoms with van der Waals surface area (Å²) >= 11 is 0. The van der Waals surface area contributed by atoms with Crippen molar-refractivity contribution in [2.45, 2.75) is 34.6 Å². The Morgan fingerprint density at radius 1 is 1.14 bits per heavy atom. The zero-order chi connectivity index (χ0) is 11.3. The van der Waals surface area contributed by atoms with Gasteiger partial charge in [0, 0.05) is 5.56 Å². The first-order valence-corrected chi connectivity index (χ1v) is 4.83. The van der Waals surface area contributed by atoms with Crippen molar-refractivity contribution in [3.05, 3.63) is 28.8 Å². The van der Waals surface area contributed by atoms with E-state index in [4.69, 9.17) is 0 Å². The van der Waals surface area contributed by atoms with Gasteiger partial charge in [0.2, 0.25) is 0 Å². The highest BCUT2D eigenvalue weighted by Crippen LogP contribution is 2.22. The van der Waals surface area contributed by atoms with Crippen molar-refractivity contribution in [3.63, 3.8) is 0 Å². The minimum absolute atomic E-state index is 0.0289. The lowest BCUT2D eigenvalue weighted by Crippen LogP contribution is -1.94. The smallest absolute Gasteiger partial charge is 0.159 e. The first-order valence-electron chi connectivity index (χ1n) is 4.83. The summed E-state index contributed by atoms with van der Waals surface area (Å²) in [5.74, 6) is 0.307. The van der Waals surface area contributed by atoms with E-state index >= 15 is 0 Å². The third-order valence-electron chi connectivity index (χ3n) is 1.90. The maximum atomic E-state index is 11.0. The third-order valence-corrected chi connectivity index (χ3v) is 1.90. The minimum atomic E-state index is 0.0289. The number of carbonyl (C=O) groups excluding carboxylic acids is 1. The molecular formula is C12H18O2. The molecule has 2 heteroatoms. The van der Waals surface area contributed by atoms with Crippen LogP contribution in [0, 0.1) is 13.8 Å². The summed E-state index contributed by atoms with van der Waals surface area (Å²) in [6, 6.07) is 3.40. The molecule has 0 heterocycles. The SMILES string of the molecule is CC.CC(=O)c1cc(C)c(O)c(C)c1. The predicted molar refractivity (Wildman–Crippen MR) is 58.9 cm³/mol. The normalized spacial score (nSPS) is 8.93. The summed E-state index contributed by atoms with van der Waals surface area (Å²) in [7, 11) is 0. The van der Waals surface area contributed by atoms with Crippen molar-refractivity contribution in [2.24, 2.45) is 0 Å². The van der Waals surface area contributed by atoms with Gasteiger partial charge in [0.1, 0.15) is 5.75 Å². The molecule has 2 nitrogen and oxygen atoms in total. The van der Waals surface area contributed by atoms with Crippen molar-refractivity contribution >= 4 is 5.78 Å². The average Bonchev–Trinajstić information content (AvgIpc) is 2.16. The summed E-state index contributed by atoms with van der Waals surface area (Å²) in [5, 5.41) is 9.40. The molecule has 0 bridgehead atoms. The number of phenols is 1. The number of hydrogen-bond donors (Lipinski definition) is 1. The van der Waals surface area contributed by atoms with Gasteiger partial charge in [0.15, 0.2) is 5.78 Å². The van der Waals surface area contributed by atoms with Crippen molar-refractivity contribution in [1.82, 2.24) is 0 Å². The fourth-order valence-corrected chi connectivity index (χ4v) is 1.16. The Bertz CT molecular complexity index is 304. The van der Waals surface area contributed by atoms with Crippen LogP contribution in [-0.4, -0.2) is 10.9 Å². The molecule has 1 aromatic carbocycles. The van der Waals surface area contributed by atoms with Gasteiger partial charge in [-0.15, -0.1) is 0 Å². The molecular weight excluding hydrogens is 176 g/mol. The molecule has 0 aliphatic carbocycles. The highest BCUT2D eigenvalue weighted by Gasteiger charge is 2.05. The molecule has 0 unspecified atom stereocenters. The lowest BCUT2D eigenvalue weighted by molar-refractivity contribution is 0.101. The van der Waals surface area contributed by atoms with Crippen molar-refractivity contribution in [1.29, 1.82) is 0 Å². The van der Waals surface area contributed by atoms with Crippen LogP contribution in [0.1, 0.15) is 42.3 Å². The number of hydrogen-bond acceptors (Lipinski definition) is 2. The van der Waals surface area contributed by atoms with Gasteiger partial charge < -0.3 is 5.11 Å². The van der Waals surface area contributed by atoms with E-state index in [-0.39, 0.29) is 11.5 Å². The van der Waals surface area contributed by atoms with E-state index in [1.54, 1.807) is 26.0 Å². The van der Waals surface area contributed by atoms with Crippen LogP contribution in [0.25, 0.3) is 0 Å². The quantitative estimate of drug-likeness (QED) is 0.697. The molecule has 14 heavy (non-hydrogen) atoms. The Hall–Kier alpha value is -1.31. The largest absolute Gasteiger partial charge is 0.507 e. The number of aromatic hydroxyl groups is 1. The molecule has 1 rings (SSSR count). The van der Waals surface area contributed by atoms with Crippen LogP contribution in [-0.2, 0) is 0 Å². The number of benzene rings is 1. The molecule has 0 saturated heterocycles. The Labute approximate surface area is 85.6 Å². The fraction of sp³-hybridized carbons (Fsp3) is 0.417. The van der Waals surface area contributed by atoms with Gasteiger partial charge in [-0.2, -0.15) is 0 Å². The Balaban J connectivity index is 0.000000791. The molecule has 0 saturated carbocycles. The summed E-state index contributed by atoms with van der Waals surface area (Å²) < 4.78 is 0. The molecule has 1 N–H and O–H groups in total. The maximum Gasteiger partial charge on any atom is 0.159 e. The minimum Gasteiger partial charge on any atom is -0.507 e. The predicted octanol–water partition coefficient (Wildman–Crippen LogP) is 3.24. The molecule has 0 spiro atoms. The number of Topliss-reactive ketones (excluding diaryl/α,β-unsaturated/α-hetero) is 1. The van der Waals surface area contributed by atoms with Gasteiger partial charge in [-0.25, -0.2) is 0 Å². The van der Waals surface area contributed by atoms with E-state index in [0.717, 1.165) is 11.1 Å². The van der Waals surface area contributed by atoms with E-state index in [0.29, 0.717) is 5.56 Å². The van der Waals surface area contributed by atoms with Gasteiger partial charge >= 0.3 is 0 Å². The van der Waals surface area contributed by atoms with Crippen molar-refractivity contribution in [3.8, 4) is 5.75 Å². The van der Waals surface area contributed by atoms with Crippen LogP contribution in [0.3, 0.4) is 0 Å². The van der Waals surface area contributed by atoms with Crippen molar-refractivity contribution in [2.75, 3.05) is 0 Å². The number of aryl methyl sites for hydroxylation is 2. The standard InChI is InChI=1S/C10H12O2.C2H6/c1-6-4-9(8(3)11)5-7(2)10(6)12;1-2/h4-5,12H,1-3H3;1-2H3. The molecule has 0 atom stereocenters. The van der Waals surface area contributed by atoms with Crippen LogP contribution in [0.15, 0.2) is 12.1 Å². The molecule has 0 aliphatic heterocycles. The second-order valence-electron chi connectivity index (χ2n) is 3.01. The molecule has 78 valence electrons. The Morgan fingerprint density at radius 3 is 1.79 bits per heavy atom. The van der Waals surface area contributed by atoms with E-state index in [1.165, 1.54) is 6.92 Å². The summed E-state index contributed by atoms with van der Waals surface area (Å²) in [6.45, 7) is 9.09. The highest BCUT2D eigenvalue weighted by molar-refractivity contribution is 5.94. The second kappa shape index (κ2) is 5.43. The third kappa shape index (κ3) is 2.87. The van der Waals surface area contributed by atoms with Crippen LogP contribution in [0.2, 0.25) is 0 Å². The van der Waals surface area contributed by atoms with E-state index in [2.05, 4.69) is 0 Å². The summed E-state index contributed by atoms with van der Waals surface area (Å²) in [6.07, 6.45) is 0. The lowest BCUT2D eigenvalue weighted by atomic mass is 10.0.